The fourth-order valence-electron chi connectivity index (χ4n) is 6.56. The van der Waals surface area contributed by atoms with Crippen molar-refractivity contribution >= 4 is 0 Å². The van der Waals surface area contributed by atoms with Crippen LogP contribution in [0.25, 0.3) is 0 Å². The van der Waals surface area contributed by atoms with E-state index in [1.54, 1.807) is 0 Å². The SMILES string of the molecule is CCCCCCCCCCCO[C@@H]1[C@@H](N)[C@@H](O[C@H]2[C@H](O)[C@@H](OCCCCCCCCCCC)[C@H](N)C[C@@H]2N)O[C@H](CN)[C@H]1O. The summed E-state index contributed by atoms with van der Waals surface area (Å²) in [5.74, 6) is 0. The molecule has 0 radical (unpaired) electrons. The molecule has 0 unspecified atom stereocenters. The normalized spacial score (nSPS) is 32.7. The van der Waals surface area contributed by atoms with E-state index in [0.29, 0.717) is 19.6 Å². The van der Waals surface area contributed by atoms with Crippen molar-refractivity contribution in [3.63, 3.8) is 0 Å². The number of aliphatic hydroxyl groups is 2. The molecule has 0 aromatic rings. The topological polar surface area (TPSA) is 181 Å². The van der Waals surface area contributed by atoms with E-state index in [4.69, 9.17) is 41.9 Å². The van der Waals surface area contributed by atoms with Gasteiger partial charge in [0.05, 0.1) is 6.04 Å². The van der Waals surface area contributed by atoms with Crippen LogP contribution in [0, 0.1) is 0 Å². The van der Waals surface area contributed by atoms with Gasteiger partial charge in [-0.3, -0.25) is 0 Å². The quantitative estimate of drug-likeness (QED) is 0.0807. The molecule has 1 heterocycles. The number of nitrogens with two attached hydrogens (primary N) is 4. The number of hydrogen-bond acceptors (Lipinski definition) is 10. The first-order chi connectivity index (χ1) is 21.3. The number of unbranched alkanes of at least 4 members (excludes halogenated alkanes) is 16. The second kappa shape index (κ2) is 23.8. The molecule has 262 valence electrons. The monoisotopic (exact) mass is 631 g/mol. The van der Waals surface area contributed by atoms with Gasteiger partial charge in [-0.2, -0.15) is 0 Å². The van der Waals surface area contributed by atoms with Gasteiger partial charge >= 0.3 is 0 Å². The van der Waals surface area contributed by atoms with Crippen LogP contribution in [0.4, 0.5) is 0 Å². The van der Waals surface area contributed by atoms with Crippen LogP contribution in [0.2, 0.25) is 0 Å². The van der Waals surface area contributed by atoms with Crippen molar-refractivity contribution in [3.05, 3.63) is 0 Å². The van der Waals surface area contributed by atoms with Crippen molar-refractivity contribution < 1.29 is 29.2 Å². The van der Waals surface area contributed by atoms with E-state index in [9.17, 15) is 10.2 Å². The van der Waals surface area contributed by atoms with Crippen LogP contribution in [0.5, 0.6) is 0 Å². The Bertz CT molecular complexity index is 694. The molecule has 10 N–H and O–H groups in total. The summed E-state index contributed by atoms with van der Waals surface area (Å²) in [5.41, 5.74) is 25.2. The lowest BCUT2D eigenvalue weighted by atomic mass is 9.84. The summed E-state index contributed by atoms with van der Waals surface area (Å²) >= 11 is 0. The van der Waals surface area contributed by atoms with Crippen LogP contribution >= 0.6 is 0 Å². The van der Waals surface area contributed by atoms with E-state index in [0.717, 1.165) is 25.7 Å². The molecule has 10 atom stereocenters. The Morgan fingerprint density at radius 3 is 1.50 bits per heavy atom. The Balaban J connectivity index is 1.79. The highest BCUT2D eigenvalue weighted by Crippen LogP contribution is 2.29. The first-order valence-electron chi connectivity index (χ1n) is 18.2. The molecule has 2 aliphatic rings. The van der Waals surface area contributed by atoms with Crippen LogP contribution in [-0.4, -0.2) is 91.0 Å². The van der Waals surface area contributed by atoms with Crippen LogP contribution in [-0.2, 0) is 18.9 Å². The zero-order valence-corrected chi connectivity index (χ0v) is 28.2. The molecule has 0 amide bonds. The highest BCUT2D eigenvalue weighted by atomic mass is 16.7. The largest absolute Gasteiger partial charge is 0.388 e. The van der Waals surface area contributed by atoms with Crippen molar-refractivity contribution in [3.8, 4) is 0 Å². The van der Waals surface area contributed by atoms with Crippen LogP contribution in [0.1, 0.15) is 136 Å². The van der Waals surface area contributed by atoms with Crippen molar-refractivity contribution in [2.45, 2.75) is 197 Å². The maximum absolute atomic E-state index is 11.3. The molecule has 1 aliphatic heterocycles. The second-order valence-electron chi connectivity index (χ2n) is 13.3. The number of aliphatic hydroxyl groups excluding tert-OH is 2. The smallest absolute Gasteiger partial charge is 0.176 e. The lowest BCUT2D eigenvalue weighted by Gasteiger charge is -2.47. The molecule has 1 saturated carbocycles. The standard InChI is InChI=1S/C34H70N4O6/c1-3-5-7-9-11-13-15-17-19-21-41-31-25(36)23-26(37)32(30(31)40)44-34-28(38)33(29(39)27(24-35)43-34)42-22-20-18-16-14-12-10-8-6-4-2/h25-34,39-40H,3-24,35-38H2,1-2H3/t25-,26+,27-,28-,29-,30-,31+,32-,33-,34-/m1/s1. The maximum atomic E-state index is 11.3. The minimum atomic E-state index is -1.03. The van der Waals surface area contributed by atoms with Crippen LogP contribution in [0.15, 0.2) is 0 Å². The van der Waals surface area contributed by atoms with Gasteiger partial charge in [0.1, 0.15) is 36.6 Å². The Labute approximate surface area is 268 Å². The van der Waals surface area contributed by atoms with E-state index < -0.39 is 61.0 Å². The van der Waals surface area contributed by atoms with Gasteiger partial charge in [-0.15, -0.1) is 0 Å². The number of ether oxygens (including phenoxy) is 4. The van der Waals surface area contributed by atoms with Gasteiger partial charge in [0.25, 0.3) is 0 Å². The molecule has 2 fully saturated rings. The van der Waals surface area contributed by atoms with Gasteiger partial charge < -0.3 is 52.1 Å². The third kappa shape index (κ3) is 14.2. The van der Waals surface area contributed by atoms with Crippen LogP contribution in [0.3, 0.4) is 0 Å². The van der Waals surface area contributed by atoms with E-state index in [1.165, 1.54) is 89.9 Å². The summed E-state index contributed by atoms with van der Waals surface area (Å²) in [6.45, 7) is 5.58. The average Bonchev–Trinajstić information content (AvgIpc) is 3.00. The minimum absolute atomic E-state index is 0.0836. The van der Waals surface area contributed by atoms with E-state index in [2.05, 4.69) is 13.8 Å². The minimum Gasteiger partial charge on any atom is -0.388 e. The molecule has 0 aromatic heterocycles. The fraction of sp³-hybridized carbons (Fsp3) is 1.00. The Morgan fingerprint density at radius 1 is 0.591 bits per heavy atom. The summed E-state index contributed by atoms with van der Waals surface area (Å²) in [5, 5.41) is 22.2. The van der Waals surface area contributed by atoms with Gasteiger partial charge in [0.15, 0.2) is 6.29 Å². The molecule has 0 bridgehead atoms. The third-order valence-corrected chi connectivity index (χ3v) is 9.42. The number of rotatable bonds is 25. The molecule has 44 heavy (non-hydrogen) atoms. The molecule has 10 nitrogen and oxygen atoms in total. The molecule has 1 aliphatic carbocycles. The summed E-state index contributed by atoms with van der Waals surface area (Å²) in [6, 6.07) is -1.69. The fourth-order valence-corrected chi connectivity index (χ4v) is 6.56. The van der Waals surface area contributed by atoms with Gasteiger partial charge in [-0.25, -0.2) is 0 Å². The van der Waals surface area contributed by atoms with Crippen molar-refractivity contribution in [1.82, 2.24) is 0 Å². The van der Waals surface area contributed by atoms with Crippen molar-refractivity contribution in [2.75, 3.05) is 19.8 Å². The summed E-state index contributed by atoms with van der Waals surface area (Å²) < 4.78 is 24.4. The maximum Gasteiger partial charge on any atom is 0.176 e. The summed E-state index contributed by atoms with van der Waals surface area (Å²) in [7, 11) is 0. The molecule has 2 rings (SSSR count). The third-order valence-electron chi connectivity index (χ3n) is 9.42. The zero-order valence-electron chi connectivity index (χ0n) is 28.2. The second-order valence-corrected chi connectivity index (χ2v) is 13.3. The highest BCUT2D eigenvalue weighted by molar-refractivity contribution is 5.00. The van der Waals surface area contributed by atoms with Gasteiger partial charge in [-0.1, -0.05) is 117 Å². The van der Waals surface area contributed by atoms with E-state index in [1.807, 2.05) is 0 Å². The summed E-state index contributed by atoms with van der Waals surface area (Å²) in [4.78, 5) is 0. The Kier molecular flexibility index (Phi) is 21.6. The van der Waals surface area contributed by atoms with Gasteiger partial charge in [0, 0.05) is 31.8 Å². The van der Waals surface area contributed by atoms with Gasteiger partial charge in [0.2, 0.25) is 0 Å². The average molecular weight is 631 g/mol. The molecule has 0 spiro atoms. The molecular formula is C34H70N4O6. The lowest BCUT2D eigenvalue weighted by Crippen LogP contribution is -2.68. The highest BCUT2D eigenvalue weighted by Gasteiger charge is 2.49. The molecule has 10 heteroatoms. The predicted molar refractivity (Wildman–Crippen MR) is 177 cm³/mol. The van der Waals surface area contributed by atoms with Gasteiger partial charge in [-0.05, 0) is 19.3 Å². The van der Waals surface area contributed by atoms with Crippen molar-refractivity contribution in [2.24, 2.45) is 22.9 Å². The molecule has 0 aromatic carbocycles. The lowest BCUT2D eigenvalue weighted by molar-refractivity contribution is -0.294. The number of hydrogen-bond donors (Lipinski definition) is 6. The Hall–Kier alpha value is -0.400. The van der Waals surface area contributed by atoms with Crippen molar-refractivity contribution in [1.29, 1.82) is 0 Å². The molecular weight excluding hydrogens is 560 g/mol. The van der Waals surface area contributed by atoms with E-state index in [-0.39, 0.29) is 6.54 Å². The zero-order chi connectivity index (χ0) is 32.2. The van der Waals surface area contributed by atoms with Crippen LogP contribution < -0.4 is 22.9 Å². The first kappa shape index (κ1) is 39.8. The molecule has 1 saturated heterocycles. The first-order valence-corrected chi connectivity index (χ1v) is 18.2. The Morgan fingerprint density at radius 2 is 1.02 bits per heavy atom. The predicted octanol–water partition coefficient (Wildman–Crippen LogP) is 3.99. The summed E-state index contributed by atoms with van der Waals surface area (Å²) in [6.07, 6.45) is 16.6. The van der Waals surface area contributed by atoms with E-state index >= 15 is 0 Å².